The summed E-state index contributed by atoms with van der Waals surface area (Å²) in [5.74, 6) is -1.11. The van der Waals surface area contributed by atoms with Gasteiger partial charge in [0.25, 0.3) is 5.91 Å². The van der Waals surface area contributed by atoms with E-state index >= 15 is 4.39 Å². The number of carbonyl (C=O) groups excluding carboxylic acids is 1. The second-order valence-corrected chi connectivity index (χ2v) is 6.20. The largest absolute Gasteiger partial charge is 0.364 e. The molecule has 1 heterocycles. The third-order valence-electron chi connectivity index (χ3n) is 3.89. The SMILES string of the molecule is CONC(=O)c1cc2c(c(F)c1Nc1ccc(Cl)cc1C)NC(C)N2. The van der Waals surface area contributed by atoms with Gasteiger partial charge in [0.1, 0.15) is 0 Å². The predicted octanol–water partition coefficient (Wildman–Crippen LogP) is 4.01. The van der Waals surface area contributed by atoms with Gasteiger partial charge in [0.15, 0.2) is 5.82 Å². The van der Waals surface area contributed by atoms with Gasteiger partial charge in [-0.3, -0.25) is 9.63 Å². The molecule has 1 aliphatic heterocycles. The molecule has 0 saturated heterocycles. The Balaban J connectivity index is 2.10. The fraction of sp³-hybridized carbons (Fsp3) is 0.235. The number of anilines is 4. The van der Waals surface area contributed by atoms with Crippen molar-refractivity contribution in [3.05, 3.63) is 46.2 Å². The van der Waals surface area contributed by atoms with Crippen LogP contribution in [0.2, 0.25) is 5.02 Å². The van der Waals surface area contributed by atoms with Crippen LogP contribution in [0.5, 0.6) is 0 Å². The summed E-state index contributed by atoms with van der Waals surface area (Å²) in [6, 6.07) is 6.76. The highest BCUT2D eigenvalue weighted by Gasteiger charge is 2.27. The minimum atomic E-state index is -0.556. The van der Waals surface area contributed by atoms with E-state index in [1.165, 1.54) is 7.11 Å². The Morgan fingerprint density at radius 1 is 1.32 bits per heavy atom. The highest BCUT2D eigenvalue weighted by molar-refractivity contribution is 6.30. The van der Waals surface area contributed by atoms with Crippen molar-refractivity contribution in [1.29, 1.82) is 0 Å². The van der Waals surface area contributed by atoms with Crippen molar-refractivity contribution in [3.8, 4) is 0 Å². The molecule has 0 radical (unpaired) electrons. The topological polar surface area (TPSA) is 74.4 Å². The van der Waals surface area contributed by atoms with Gasteiger partial charge in [0.05, 0.1) is 35.9 Å². The van der Waals surface area contributed by atoms with E-state index in [4.69, 9.17) is 11.6 Å². The molecule has 132 valence electrons. The monoisotopic (exact) mass is 364 g/mol. The minimum Gasteiger partial charge on any atom is -0.364 e. The molecule has 0 spiro atoms. The molecule has 0 saturated carbocycles. The van der Waals surface area contributed by atoms with Crippen molar-refractivity contribution in [2.45, 2.75) is 20.0 Å². The number of fused-ring (bicyclic) bond motifs is 1. The maximum Gasteiger partial charge on any atom is 0.277 e. The third-order valence-corrected chi connectivity index (χ3v) is 4.12. The van der Waals surface area contributed by atoms with Crippen molar-refractivity contribution in [2.24, 2.45) is 0 Å². The molecule has 0 aliphatic carbocycles. The number of hydrogen-bond acceptors (Lipinski definition) is 5. The zero-order valence-corrected chi connectivity index (χ0v) is 14.7. The van der Waals surface area contributed by atoms with Crippen molar-refractivity contribution in [3.63, 3.8) is 0 Å². The van der Waals surface area contributed by atoms with Crippen LogP contribution < -0.4 is 21.4 Å². The van der Waals surface area contributed by atoms with E-state index in [2.05, 4.69) is 26.3 Å². The van der Waals surface area contributed by atoms with E-state index in [1.807, 2.05) is 13.8 Å². The maximum atomic E-state index is 15.1. The fourth-order valence-electron chi connectivity index (χ4n) is 2.74. The van der Waals surface area contributed by atoms with Crippen LogP contribution in [0.1, 0.15) is 22.8 Å². The summed E-state index contributed by atoms with van der Waals surface area (Å²) in [6.45, 7) is 3.70. The fourth-order valence-corrected chi connectivity index (χ4v) is 2.97. The number of benzene rings is 2. The number of nitrogens with one attached hydrogen (secondary N) is 4. The summed E-state index contributed by atoms with van der Waals surface area (Å²) in [7, 11) is 1.32. The molecule has 0 bridgehead atoms. The second kappa shape index (κ2) is 6.78. The molecule has 8 heteroatoms. The van der Waals surface area contributed by atoms with Crippen LogP contribution in [0, 0.1) is 12.7 Å². The third kappa shape index (κ3) is 3.33. The van der Waals surface area contributed by atoms with Crippen LogP contribution in [-0.4, -0.2) is 19.2 Å². The molecule has 1 amide bonds. The van der Waals surface area contributed by atoms with Crippen LogP contribution >= 0.6 is 11.6 Å². The molecule has 1 aliphatic rings. The lowest BCUT2D eigenvalue weighted by Gasteiger charge is -2.16. The zero-order chi connectivity index (χ0) is 18.1. The Hall–Kier alpha value is -2.51. The Labute approximate surface area is 149 Å². The Morgan fingerprint density at radius 3 is 2.76 bits per heavy atom. The molecule has 1 unspecified atom stereocenters. The Kier molecular flexibility index (Phi) is 4.69. The first-order valence-corrected chi connectivity index (χ1v) is 8.04. The van der Waals surface area contributed by atoms with E-state index in [-0.39, 0.29) is 17.4 Å². The summed E-state index contributed by atoms with van der Waals surface area (Å²) in [5.41, 5.74) is 4.71. The zero-order valence-electron chi connectivity index (χ0n) is 14.0. The van der Waals surface area contributed by atoms with Crippen LogP contribution in [0.25, 0.3) is 0 Å². The predicted molar refractivity (Wildman–Crippen MR) is 97.1 cm³/mol. The van der Waals surface area contributed by atoms with Gasteiger partial charge < -0.3 is 16.0 Å². The van der Waals surface area contributed by atoms with E-state index in [9.17, 15) is 4.79 Å². The molecule has 2 aromatic carbocycles. The smallest absolute Gasteiger partial charge is 0.277 e. The van der Waals surface area contributed by atoms with Crippen molar-refractivity contribution in [2.75, 3.05) is 23.1 Å². The van der Waals surface area contributed by atoms with E-state index < -0.39 is 11.7 Å². The molecule has 4 N–H and O–H groups in total. The van der Waals surface area contributed by atoms with E-state index in [0.29, 0.717) is 22.1 Å². The van der Waals surface area contributed by atoms with Crippen LogP contribution in [0.4, 0.5) is 27.1 Å². The summed E-state index contributed by atoms with van der Waals surface area (Å²) in [6.07, 6.45) is -0.143. The van der Waals surface area contributed by atoms with Crippen LogP contribution in [0.3, 0.4) is 0 Å². The van der Waals surface area contributed by atoms with Gasteiger partial charge in [-0.15, -0.1) is 0 Å². The highest BCUT2D eigenvalue weighted by atomic mass is 35.5. The van der Waals surface area contributed by atoms with Crippen LogP contribution in [0.15, 0.2) is 24.3 Å². The summed E-state index contributed by atoms with van der Waals surface area (Å²) in [5, 5.41) is 9.65. The molecule has 6 nitrogen and oxygen atoms in total. The first-order valence-electron chi connectivity index (χ1n) is 7.66. The van der Waals surface area contributed by atoms with Gasteiger partial charge in [-0.1, -0.05) is 11.6 Å². The highest BCUT2D eigenvalue weighted by Crippen LogP contribution is 2.39. The number of rotatable bonds is 4. The van der Waals surface area contributed by atoms with Gasteiger partial charge in [-0.25, -0.2) is 9.87 Å². The molecule has 0 aromatic heterocycles. The quantitative estimate of drug-likeness (QED) is 0.617. The number of hydroxylamine groups is 1. The van der Waals surface area contributed by atoms with Gasteiger partial charge in [-0.2, -0.15) is 0 Å². The number of aryl methyl sites for hydroxylation is 1. The van der Waals surface area contributed by atoms with Gasteiger partial charge >= 0.3 is 0 Å². The second-order valence-electron chi connectivity index (χ2n) is 5.77. The lowest BCUT2D eigenvalue weighted by atomic mass is 10.1. The summed E-state index contributed by atoms with van der Waals surface area (Å²) >= 11 is 5.97. The van der Waals surface area contributed by atoms with Gasteiger partial charge in [0.2, 0.25) is 0 Å². The normalized spacial score (nSPS) is 15.2. The summed E-state index contributed by atoms with van der Waals surface area (Å²) in [4.78, 5) is 17.0. The van der Waals surface area contributed by atoms with Crippen molar-refractivity contribution in [1.82, 2.24) is 5.48 Å². The Bertz CT molecular complexity index is 844. The number of carbonyl (C=O) groups is 1. The Morgan fingerprint density at radius 2 is 2.08 bits per heavy atom. The molecular weight excluding hydrogens is 347 g/mol. The molecular formula is C17H18ClFN4O2. The van der Waals surface area contributed by atoms with Crippen molar-refractivity contribution >= 4 is 40.3 Å². The molecule has 2 aromatic rings. The first kappa shape index (κ1) is 17.3. The van der Waals surface area contributed by atoms with Crippen LogP contribution in [-0.2, 0) is 4.84 Å². The number of halogens is 2. The van der Waals surface area contributed by atoms with E-state index in [0.717, 1.165) is 5.56 Å². The lowest BCUT2D eigenvalue weighted by Crippen LogP contribution is -2.23. The van der Waals surface area contributed by atoms with Crippen molar-refractivity contribution < 1.29 is 14.0 Å². The average Bonchev–Trinajstić information content (AvgIpc) is 2.93. The lowest BCUT2D eigenvalue weighted by molar-refractivity contribution is 0.0538. The first-order chi connectivity index (χ1) is 11.9. The molecule has 1 atom stereocenters. The number of hydrogen-bond donors (Lipinski definition) is 4. The average molecular weight is 365 g/mol. The molecule has 25 heavy (non-hydrogen) atoms. The minimum absolute atomic E-state index is 0.0575. The van der Waals surface area contributed by atoms with E-state index in [1.54, 1.807) is 24.3 Å². The molecule has 0 fully saturated rings. The maximum absolute atomic E-state index is 15.1. The molecule has 3 rings (SSSR count). The standard InChI is InChI=1S/C17H18ClFN4O2/c1-8-6-10(18)4-5-12(8)22-15-11(17(24)23-25-3)7-13-16(14(15)19)21-9(2)20-13/h4-7,9,20-22H,1-3H3,(H,23,24). The number of amides is 1. The van der Waals surface area contributed by atoms with Gasteiger partial charge in [0, 0.05) is 10.7 Å². The van der Waals surface area contributed by atoms with Gasteiger partial charge in [-0.05, 0) is 43.7 Å². The summed E-state index contributed by atoms with van der Waals surface area (Å²) < 4.78 is 15.1.